The first-order chi connectivity index (χ1) is 11.6. The molecule has 140 valence electrons. The zero-order chi connectivity index (χ0) is 17.0. The molecule has 1 aliphatic heterocycles. The van der Waals surface area contributed by atoms with Gasteiger partial charge in [-0.3, -0.25) is 4.79 Å². The average molecular weight is 367 g/mol. The Kier molecular flexibility index (Phi) is 7.29. The molecule has 0 aromatic heterocycles. The number of aryl methyl sites for hydroxylation is 1. The highest BCUT2D eigenvalue weighted by Gasteiger charge is 2.36. The lowest BCUT2D eigenvalue weighted by atomic mass is 9.72. The van der Waals surface area contributed by atoms with E-state index in [1.807, 2.05) is 0 Å². The number of benzene rings is 1. The number of rotatable bonds is 4. The van der Waals surface area contributed by atoms with Crippen LogP contribution >= 0.6 is 12.4 Å². The predicted octanol–water partition coefficient (Wildman–Crippen LogP) is 3.10. The van der Waals surface area contributed by atoms with Crippen molar-refractivity contribution < 1.29 is 9.53 Å². The van der Waals surface area contributed by atoms with Crippen molar-refractivity contribution in [2.45, 2.75) is 56.9 Å². The summed E-state index contributed by atoms with van der Waals surface area (Å²) in [5.41, 5.74) is 8.69. The fourth-order valence-corrected chi connectivity index (χ4v) is 4.34. The predicted molar refractivity (Wildman–Crippen MR) is 103 cm³/mol. The first-order valence-electron chi connectivity index (χ1n) is 9.28. The van der Waals surface area contributed by atoms with Crippen molar-refractivity contribution in [3.63, 3.8) is 0 Å². The van der Waals surface area contributed by atoms with E-state index in [0.29, 0.717) is 6.54 Å². The van der Waals surface area contributed by atoms with Gasteiger partial charge in [0, 0.05) is 37.1 Å². The van der Waals surface area contributed by atoms with E-state index in [9.17, 15) is 4.79 Å². The van der Waals surface area contributed by atoms with Gasteiger partial charge >= 0.3 is 0 Å². The summed E-state index contributed by atoms with van der Waals surface area (Å²) in [6.45, 7) is 4.39. The summed E-state index contributed by atoms with van der Waals surface area (Å²) in [6, 6.07) is 8.73. The van der Waals surface area contributed by atoms with Crippen molar-refractivity contribution in [3.8, 4) is 0 Å². The number of carbonyl (C=O) groups is 1. The van der Waals surface area contributed by atoms with Crippen LogP contribution in [-0.2, 0) is 14.9 Å². The second-order valence-corrected chi connectivity index (χ2v) is 7.55. The molecule has 1 saturated heterocycles. The van der Waals surface area contributed by atoms with Gasteiger partial charge in [0.05, 0.1) is 0 Å². The molecule has 3 N–H and O–H groups in total. The molecule has 0 spiro atoms. The third-order valence-corrected chi connectivity index (χ3v) is 5.85. The van der Waals surface area contributed by atoms with Gasteiger partial charge in [-0.2, -0.15) is 0 Å². The molecule has 2 fully saturated rings. The molecule has 25 heavy (non-hydrogen) atoms. The Morgan fingerprint density at radius 1 is 1.28 bits per heavy atom. The van der Waals surface area contributed by atoms with Gasteiger partial charge in [0.2, 0.25) is 5.91 Å². The lowest BCUT2D eigenvalue weighted by Gasteiger charge is -2.39. The maximum Gasteiger partial charge on any atom is 0.223 e. The van der Waals surface area contributed by atoms with Crippen molar-refractivity contribution in [1.82, 2.24) is 5.32 Å². The van der Waals surface area contributed by atoms with E-state index in [1.165, 1.54) is 11.1 Å². The van der Waals surface area contributed by atoms with Gasteiger partial charge in [-0.15, -0.1) is 12.4 Å². The maximum absolute atomic E-state index is 12.6. The van der Waals surface area contributed by atoms with Crippen LogP contribution in [0.2, 0.25) is 0 Å². The highest BCUT2D eigenvalue weighted by molar-refractivity contribution is 5.85. The summed E-state index contributed by atoms with van der Waals surface area (Å²) < 4.78 is 5.59. The molecule has 2 atom stereocenters. The number of carbonyl (C=O) groups excluding carboxylic acids is 1. The number of nitrogens with one attached hydrogen (secondary N) is 1. The van der Waals surface area contributed by atoms with Crippen molar-refractivity contribution in [2.24, 2.45) is 11.7 Å². The summed E-state index contributed by atoms with van der Waals surface area (Å²) in [5, 5.41) is 3.26. The zero-order valence-electron chi connectivity index (χ0n) is 15.1. The molecule has 0 radical (unpaired) electrons. The van der Waals surface area contributed by atoms with Gasteiger partial charge < -0.3 is 15.8 Å². The van der Waals surface area contributed by atoms with Crippen molar-refractivity contribution in [3.05, 3.63) is 35.4 Å². The van der Waals surface area contributed by atoms with Crippen LogP contribution < -0.4 is 11.1 Å². The van der Waals surface area contributed by atoms with E-state index >= 15 is 0 Å². The van der Waals surface area contributed by atoms with E-state index in [2.05, 4.69) is 36.5 Å². The molecule has 5 heteroatoms. The Hall–Kier alpha value is -1.10. The minimum atomic E-state index is -0.00393. The minimum Gasteiger partial charge on any atom is -0.381 e. The maximum atomic E-state index is 12.6. The van der Waals surface area contributed by atoms with Crippen molar-refractivity contribution >= 4 is 18.3 Å². The SMILES string of the molecule is Cc1ccccc1C1(CNC(=O)C2CCCC(N)C2)CCOCC1.Cl. The molecule has 1 heterocycles. The summed E-state index contributed by atoms with van der Waals surface area (Å²) in [5.74, 6) is 0.270. The Bertz CT molecular complexity index is 573. The number of halogens is 1. The van der Waals surface area contributed by atoms with Gasteiger partial charge in [0.1, 0.15) is 0 Å². The molecule has 3 rings (SSSR count). The van der Waals surface area contributed by atoms with E-state index in [0.717, 1.165) is 51.7 Å². The Balaban J connectivity index is 0.00000225. The van der Waals surface area contributed by atoms with Gasteiger partial charge in [0.25, 0.3) is 0 Å². The van der Waals surface area contributed by atoms with Crippen LogP contribution in [0.5, 0.6) is 0 Å². The lowest BCUT2D eigenvalue weighted by molar-refractivity contribution is -0.126. The van der Waals surface area contributed by atoms with Gasteiger partial charge in [0.15, 0.2) is 0 Å². The fraction of sp³-hybridized carbons (Fsp3) is 0.650. The molecule has 4 nitrogen and oxygen atoms in total. The topological polar surface area (TPSA) is 64.4 Å². The molecule has 2 aliphatic rings. The van der Waals surface area contributed by atoms with E-state index in [-0.39, 0.29) is 35.7 Å². The lowest BCUT2D eigenvalue weighted by Crippen LogP contribution is -2.47. The molecule has 1 aromatic carbocycles. The zero-order valence-corrected chi connectivity index (χ0v) is 15.9. The van der Waals surface area contributed by atoms with E-state index in [4.69, 9.17) is 10.5 Å². The third kappa shape index (κ3) is 4.75. The van der Waals surface area contributed by atoms with Crippen LogP contribution in [-0.4, -0.2) is 31.7 Å². The van der Waals surface area contributed by atoms with Crippen LogP contribution in [0.4, 0.5) is 0 Å². The van der Waals surface area contributed by atoms with Crippen molar-refractivity contribution in [2.75, 3.05) is 19.8 Å². The number of hydrogen-bond acceptors (Lipinski definition) is 3. The summed E-state index contributed by atoms with van der Waals surface area (Å²) in [6.07, 6.45) is 5.83. The molecule has 1 amide bonds. The molecule has 1 aromatic rings. The Morgan fingerprint density at radius 3 is 2.68 bits per heavy atom. The average Bonchev–Trinajstić information content (AvgIpc) is 2.61. The van der Waals surface area contributed by atoms with Gasteiger partial charge in [-0.1, -0.05) is 30.7 Å². The first kappa shape index (κ1) is 20.2. The second kappa shape index (κ2) is 9.02. The summed E-state index contributed by atoms with van der Waals surface area (Å²) in [4.78, 5) is 12.6. The van der Waals surface area contributed by atoms with E-state index in [1.54, 1.807) is 0 Å². The number of amides is 1. The molecule has 1 aliphatic carbocycles. The highest BCUT2D eigenvalue weighted by Crippen LogP contribution is 2.36. The largest absolute Gasteiger partial charge is 0.381 e. The highest BCUT2D eigenvalue weighted by atomic mass is 35.5. The first-order valence-corrected chi connectivity index (χ1v) is 9.28. The summed E-state index contributed by atoms with van der Waals surface area (Å²) >= 11 is 0. The quantitative estimate of drug-likeness (QED) is 0.860. The van der Waals surface area contributed by atoms with Crippen LogP contribution in [0.3, 0.4) is 0 Å². The van der Waals surface area contributed by atoms with Crippen LogP contribution in [0, 0.1) is 12.8 Å². The molecule has 0 bridgehead atoms. The molecule has 1 saturated carbocycles. The van der Waals surface area contributed by atoms with Gasteiger partial charge in [-0.25, -0.2) is 0 Å². The Labute approximate surface area is 157 Å². The van der Waals surface area contributed by atoms with E-state index < -0.39 is 0 Å². The monoisotopic (exact) mass is 366 g/mol. The Morgan fingerprint density at radius 2 is 2.00 bits per heavy atom. The standard InChI is InChI=1S/C20H30N2O2.ClH/c1-15-5-2-3-8-18(15)20(9-11-24-12-10-20)14-22-19(23)16-6-4-7-17(21)13-16;/h2-3,5,8,16-17H,4,6-7,9-14,21H2,1H3,(H,22,23);1H. The smallest absolute Gasteiger partial charge is 0.223 e. The van der Waals surface area contributed by atoms with Crippen LogP contribution in [0.25, 0.3) is 0 Å². The second-order valence-electron chi connectivity index (χ2n) is 7.55. The number of ether oxygens (including phenoxy) is 1. The minimum absolute atomic E-state index is 0. The fourth-order valence-electron chi connectivity index (χ4n) is 4.34. The molecular formula is C20H31ClN2O2. The third-order valence-electron chi connectivity index (χ3n) is 5.85. The number of nitrogens with two attached hydrogens (primary N) is 1. The number of hydrogen-bond donors (Lipinski definition) is 2. The van der Waals surface area contributed by atoms with Crippen LogP contribution in [0.15, 0.2) is 24.3 Å². The molecule has 2 unspecified atom stereocenters. The normalized spacial score (nSPS) is 25.7. The van der Waals surface area contributed by atoms with Gasteiger partial charge in [-0.05, 0) is 50.2 Å². The molecular weight excluding hydrogens is 336 g/mol. The van der Waals surface area contributed by atoms with Crippen molar-refractivity contribution in [1.29, 1.82) is 0 Å². The summed E-state index contributed by atoms with van der Waals surface area (Å²) in [7, 11) is 0. The van der Waals surface area contributed by atoms with Crippen LogP contribution in [0.1, 0.15) is 49.7 Å².